The van der Waals surface area contributed by atoms with E-state index in [1.54, 1.807) is 0 Å². The molecule has 1 saturated carbocycles. The maximum Gasteiger partial charge on any atom is 0.337 e. The highest BCUT2D eigenvalue weighted by Gasteiger charge is 2.38. The van der Waals surface area contributed by atoms with Gasteiger partial charge in [0.15, 0.2) is 0 Å². The van der Waals surface area contributed by atoms with Gasteiger partial charge >= 0.3 is 12.0 Å². The fourth-order valence-corrected chi connectivity index (χ4v) is 2.75. The molecule has 3 N–H and O–H groups in total. The van der Waals surface area contributed by atoms with Crippen molar-refractivity contribution in [1.29, 1.82) is 0 Å². The SMILES string of the molecule is CC(C)(NC(=O)Nc1c(Cl)cc(Cl)cc1C(=O)O)C1CC1. The third-order valence-electron chi connectivity index (χ3n) is 3.56. The molecule has 2 rings (SSSR count). The zero-order chi connectivity index (χ0) is 15.8. The first kappa shape index (κ1) is 15.9. The van der Waals surface area contributed by atoms with Crippen LogP contribution in [-0.2, 0) is 0 Å². The molecule has 5 nitrogen and oxygen atoms in total. The number of halogens is 2. The number of aromatic carboxylic acids is 1. The first-order valence-electron chi connectivity index (χ1n) is 6.52. The van der Waals surface area contributed by atoms with Gasteiger partial charge in [0, 0.05) is 10.6 Å². The number of amides is 2. The number of urea groups is 1. The first-order valence-corrected chi connectivity index (χ1v) is 7.28. The van der Waals surface area contributed by atoms with Crippen molar-refractivity contribution in [2.75, 3.05) is 5.32 Å². The monoisotopic (exact) mass is 330 g/mol. The maximum absolute atomic E-state index is 12.1. The molecule has 1 aromatic rings. The number of hydrogen-bond acceptors (Lipinski definition) is 2. The number of carboxylic acid groups (broad SMARTS) is 1. The van der Waals surface area contributed by atoms with E-state index >= 15 is 0 Å². The van der Waals surface area contributed by atoms with Gasteiger partial charge < -0.3 is 15.7 Å². The zero-order valence-corrected chi connectivity index (χ0v) is 13.2. The van der Waals surface area contributed by atoms with Crippen molar-refractivity contribution < 1.29 is 14.7 Å². The van der Waals surface area contributed by atoms with Gasteiger partial charge in [-0.2, -0.15) is 0 Å². The molecule has 21 heavy (non-hydrogen) atoms. The van der Waals surface area contributed by atoms with Gasteiger partial charge in [-0.3, -0.25) is 0 Å². The molecule has 0 bridgehead atoms. The summed E-state index contributed by atoms with van der Waals surface area (Å²) in [5, 5.41) is 14.8. The Labute approximate surface area is 132 Å². The van der Waals surface area contributed by atoms with E-state index in [0.717, 1.165) is 12.8 Å². The largest absolute Gasteiger partial charge is 0.478 e. The standard InChI is InChI=1S/C14H16Cl2N2O3/c1-14(2,7-3-4-7)18-13(21)17-11-9(12(19)20)5-8(15)6-10(11)16/h5-7H,3-4H2,1-2H3,(H,19,20)(H2,17,18,21). The number of carbonyl (C=O) groups is 2. The summed E-state index contributed by atoms with van der Waals surface area (Å²) >= 11 is 11.8. The number of anilines is 1. The van der Waals surface area contributed by atoms with Crippen LogP contribution in [0.1, 0.15) is 37.0 Å². The molecule has 0 radical (unpaired) electrons. The molecular formula is C14H16Cl2N2O3. The van der Waals surface area contributed by atoms with Crippen molar-refractivity contribution in [3.05, 3.63) is 27.7 Å². The van der Waals surface area contributed by atoms with Gasteiger partial charge in [0.25, 0.3) is 0 Å². The van der Waals surface area contributed by atoms with Gasteiger partial charge in [-0.25, -0.2) is 9.59 Å². The summed E-state index contributed by atoms with van der Waals surface area (Å²) in [6, 6.07) is 2.15. The third kappa shape index (κ3) is 3.80. The topological polar surface area (TPSA) is 78.4 Å². The van der Waals surface area contributed by atoms with E-state index in [1.165, 1.54) is 12.1 Å². The van der Waals surface area contributed by atoms with Gasteiger partial charge in [0.2, 0.25) is 0 Å². The molecule has 0 aromatic heterocycles. The minimum Gasteiger partial charge on any atom is -0.478 e. The van der Waals surface area contributed by atoms with Crippen LogP contribution in [0.4, 0.5) is 10.5 Å². The second-order valence-corrected chi connectivity index (χ2v) is 6.53. The molecule has 0 aliphatic heterocycles. The van der Waals surface area contributed by atoms with Crippen LogP contribution in [0.15, 0.2) is 12.1 Å². The van der Waals surface area contributed by atoms with Gasteiger partial charge in [0.1, 0.15) is 0 Å². The summed E-state index contributed by atoms with van der Waals surface area (Å²) in [5.41, 5.74) is -0.448. The molecule has 7 heteroatoms. The smallest absolute Gasteiger partial charge is 0.337 e. The molecule has 0 heterocycles. The lowest BCUT2D eigenvalue weighted by Gasteiger charge is -2.26. The average Bonchev–Trinajstić information content (AvgIpc) is 3.15. The number of hydrogen-bond donors (Lipinski definition) is 3. The molecule has 1 aromatic carbocycles. The Morgan fingerprint density at radius 1 is 1.29 bits per heavy atom. The van der Waals surface area contributed by atoms with Crippen LogP contribution < -0.4 is 10.6 Å². The number of rotatable bonds is 4. The van der Waals surface area contributed by atoms with Crippen LogP contribution in [0.5, 0.6) is 0 Å². The van der Waals surface area contributed by atoms with Crippen LogP contribution in [0.25, 0.3) is 0 Å². The van der Waals surface area contributed by atoms with Crippen LogP contribution in [-0.4, -0.2) is 22.6 Å². The molecule has 2 amide bonds. The minimum absolute atomic E-state index is 0.0395. The van der Waals surface area contributed by atoms with Crippen LogP contribution in [0.2, 0.25) is 10.0 Å². The van der Waals surface area contributed by atoms with Gasteiger partial charge in [-0.05, 0) is 44.7 Å². The number of carbonyl (C=O) groups excluding carboxylic acids is 1. The quantitative estimate of drug-likeness (QED) is 0.780. The van der Waals surface area contributed by atoms with E-state index in [2.05, 4.69) is 10.6 Å². The Kier molecular flexibility index (Phi) is 4.35. The highest BCUT2D eigenvalue weighted by atomic mass is 35.5. The Bertz CT molecular complexity index is 598. The summed E-state index contributed by atoms with van der Waals surface area (Å²) in [6.07, 6.45) is 2.16. The number of benzene rings is 1. The molecule has 1 aliphatic carbocycles. The van der Waals surface area contributed by atoms with Crippen molar-refractivity contribution in [1.82, 2.24) is 5.32 Å². The van der Waals surface area contributed by atoms with Gasteiger partial charge in [-0.1, -0.05) is 23.2 Å². The van der Waals surface area contributed by atoms with E-state index in [9.17, 15) is 9.59 Å². The van der Waals surface area contributed by atoms with E-state index in [0.29, 0.717) is 5.92 Å². The Balaban J connectivity index is 2.19. The van der Waals surface area contributed by atoms with Crippen LogP contribution >= 0.6 is 23.2 Å². The van der Waals surface area contributed by atoms with Gasteiger partial charge in [0.05, 0.1) is 16.3 Å². The van der Waals surface area contributed by atoms with Crippen LogP contribution in [0, 0.1) is 5.92 Å². The molecule has 1 fully saturated rings. The van der Waals surface area contributed by atoms with Crippen molar-refractivity contribution in [3.63, 3.8) is 0 Å². The summed E-state index contributed by atoms with van der Waals surface area (Å²) in [7, 11) is 0. The van der Waals surface area contributed by atoms with Crippen LogP contribution in [0.3, 0.4) is 0 Å². The second-order valence-electron chi connectivity index (χ2n) is 5.69. The average molecular weight is 331 g/mol. The summed E-state index contributed by atoms with van der Waals surface area (Å²) < 4.78 is 0. The maximum atomic E-state index is 12.1. The van der Waals surface area contributed by atoms with E-state index in [1.807, 2.05) is 13.8 Å². The molecular weight excluding hydrogens is 315 g/mol. The predicted octanol–water partition coefficient (Wildman–Crippen LogP) is 4.00. The molecule has 0 saturated heterocycles. The van der Waals surface area contributed by atoms with E-state index < -0.39 is 12.0 Å². The number of carboxylic acids is 1. The fourth-order valence-electron chi connectivity index (χ4n) is 2.21. The molecule has 0 atom stereocenters. The first-order chi connectivity index (χ1) is 9.70. The summed E-state index contributed by atoms with van der Waals surface area (Å²) in [5.74, 6) is -0.765. The van der Waals surface area contributed by atoms with Crippen molar-refractivity contribution in [2.45, 2.75) is 32.2 Å². The van der Waals surface area contributed by atoms with Crippen molar-refractivity contribution in [3.8, 4) is 0 Å². The fraction of sp³-hybridized carbons (Fsp3) is 0.429. The lowest BCUT2D eigenvalue weighted by atomic mass is 9.99. The second kappa shape index (κ2) is 5.73. The normalized spacial score (nSPS) is 14.7. The number of nitrogens with one attached hydrogen (secondary N) is 2. The molecule has 0 unspecified atom stereocenters. The lowest BCUT2D eigenvalue weighted by Crippen LogP contribution is -2.47. The van der Waals surface area contributed by atoms with Crippen molar-refractivity contribution in [2.24, 2.45) is 5.92 Å². The highest BCUT2D eigenvalue weighted by molar-refractivity contribution is 6.37. The van der Waals surface area contributed by atoms with E-state index in [-0.39, 0.29) is 26.8 Å². The van der Waals surface area contributed by atoms with Crippen molar-refractivity contribution >= 4 is 40.9 Å². The Morgan fingerprint density at radius 3 is 2.43 bits per heavy atom. The summed E-state index contributed by atoms with van der Waals surface area (Å²) in [4.78, 5) is 23.3. The molecule has 1 aliphatic rings. The lowest BCUT2D eigenvalue weighted by molar-refractivity contribution is 0.0698. The zero-order valence-electron chi connectivity index (χ0n) is 11.7. The molecule has 114 valence electrons. The highest BCUT2D eigenvalue weighted by Crippen LogP contribution is 2.39. The third-order valence-corrected chi connectivity index (χ3v) is 4.07. The Hall–Kier alpha value is -1.46. The predicted molar refractivity (Wildman–Crippen MR) is 82.4 cm³/mol. The summed E-state index contributed by atoms with van der Waals surface area (Å²) in [6.45, 7) is 3.87. The minimum atomic E-state index is -1.21. The van der Waals surface area contributed by atoms with Gasteiger partial charge in [-0.15, -0.1) is 0 Å². The Morgan fingerprint density at radius 2 is 1.90 bits per heavy atom. The molecule has 0 spiro atoms. The van der Waals surface area contributed by atoms with E-state index in [4.69, 9.17) is 28.3 Å².